The Balaban J connectivity index is 1.34. The van der Waals surface area contributed by atoms with E-state index < -0.39 is 11.9 Å². The predicted octanol–water partition coefficient (Wildman–Crippen LogP) is 8.84. The zero-order chi connectivity index (χ0) is 31.2. The minimum atomic E-state index is -0.671. The molecule has 0 aliphatic carbocycles. The number of unbranched alkanes of at least 4 members (excludes halogenated alkanes) is 1. The van der Waals surface area contributed by atoms with Crippen molar-refractivity contribution in [2.75, 3.05) is 6.61 Å². The van der Waals surface area contributed by atoms with Crippen LogP contribution in [-0.2, 0) is 6.61 Å². The largest absolute Gasteiger partial charge is 0.490 e. The SMILES string of the molecule is CCCCOc1c(Cl)cc(C(=O)Oc2ccc3c(c2)OC(N)=C(C#N)C3c2ccc(OCc3ccccc3Cl)cc2)cc1Cl. The Morgan fingerprint density at radius 1 is 0.932 bits per heavy atom. The van der Waals surface area contributed by atoms with Gasteiger partial charge in [0.1, 0.15) is 35.5 Å². The van der Waals surface area contributed by atoms with Gasteiger partial charge in [-0.3, -0.25) is 0 Å². The molecule has 224 valence electrons. The molecule has 0 saturated carbocycles. The number of hydrogen-bond donors (Lipinski definition) is 1. The minimum Gasteiger partial charge on any atom is -0.490 e. The van der Waals surface area contributed by atoms with Crippen LogP contribution < -0.4 is 24.7 Å². The van der Waals surface area contributed by atoms with Gasteiger partial charge in [0, 0.05) is 22.2 Å². The second-order valence-electron chi connectivity index (χ2n) is 9.93. The van der Waals surface area contributed by atoms with E-state index in [1.165, 1.54) is 12.1 Å². The number of carbonyl (C=O) groups is 1. The van der Waals surface area contributed by atoms with Crippen molar-refractivity contribution in [1.82, 2.24) is 0 Å². The zero-order valence-electron chi connectivity index (χ0n) is 23.6. The van der Waals surface area contributed by atoms with Gasteiger partial charge in [-0.15, -0.1) is 0 Å². The number of halogens is 3. The van der Waals surface area contributed by atoms with Crippen LogP contribution in [0.5, 0.6) is 23.0 Å². The molecular formula is C34H27Cl3N2O5. The van der Waals surface area contributed by atoms with Crippen LogP contribution in [0.3, 0.4) is 0 Å². The third-order valence-electron chi connectivity index (χ3n) is 6.94. The summed E-state index contributed by atoms with van der Waals surface area (Å²) in [5, 5.41) is 11.0. The molecule has 0 saturated heterocycles. The fourth-order valence-corrected chi connectivity index (χ4v) is 5.46. The normalized spacial score (nSPS) is 13.8. The molecule has 5 rings (SSSR count). The van der Waals surface area contributed by atoms with Crippen LogP contribution in [0, 0.1) is 11.3 Å². The summed E-state index contributed by atoms with van der Waals surface area (Å²) in [7, 11) is 0. The molecule has 0 radical (unpaired) electrons. The Morgan fingerprint density at radius 2 is 1.64 bits per heavy atom. The average molecular weight is 650 g/mol. The standard InChI is InChI=1S/C34H27Cl3N2O5/c1-2-3-14-41-32-28(36)15-22(16-29(32)37)34(40)43-24-12-13-25-30(17-24)44-33(39)26(18-38)31(25)20-8-10-23(11-9-20)42-19-21-6-4-5-7-27(21)35/h4-13,15-17,31H,2-3,14,19,39H2,1H3. The molecule has 0 spiro atoms. The summed E-state index contributed by atoms with van der Waals surface area (Å²) in [5.41, 5.74) is 8.94. The van der Waals surface area contributed by atoms with E-state index in [1.54, 1.807) is 18.2 Å². The number of nitriles is 1. The first-order chi connectivity index (χ1) is 21.3. The molecule has 1 atom stereocenters. The third-order valence-corrected chi connectivity index (χ3v) is 7.88. The van der Waals surface area contributed by atoms with Crippen molar-refractivity contribution in [3.63, 3.8) is 0 Å². The van der Waals surface area contributed by atoms with Crippen molar-refractivity contribution >= 4 is 40.8 Å². The van der Waals surface area contributed by atoms with Crippen molar-refractivity contribution in [2.24, 2.45) is 5.73 Å². The van der Waals surface area contributed by atoms with E-state index in [2.05, 4.69) is 6.07 Å². The van der Waals surface area contributed by atoms with Gasteiger partial charge >= 0.3 is 5.97 Å². The number of carbonyl (C=O) groups excluding carboxylic acids is 1. The fraction of sp³-hybridized carbons (Fsp3) is 0.176. The quantitative estimate of drug-likeness (QED) is 0.104. The lowest BCUT2D eigenvalue weighted by Crippen LogP contribution is -2.21. The Labute approximate surface area is 270 Å². The minimum absolute atomic E-state index is 0.0373. The summed E-state index contributed by atoms with van der Waals surface area (Å²) in [6, 6.07) is 24.8. The van der Waals surface area contributed by atoms with Gasteiger partial charge in [0.2, 0.25) is 5.88 Å². The summed E-state index contributed by atoms with van der Waals surface area (Å²) >= 11 is 18.9. The molecule has 0 bridgehead atoms. The van der Waals surface area contributed by atoms with Crippen LogP contribution in [0.4, 0.5) is 0 Å². The van der Waals surface area contributed by atoms with E-state index in [1.807, 2.05) is 55.5 Å². The second-order valence-corrected chi connectivity index (χ2v) is 11.2. The molecule has 7 nitrogen and oxygen atoms in total. The van der Waals surface area contributed by atoms with Gasteiger partial charge < -0.3 is 24.7 Å². The fourth-order valence-electron chi connectivity index (χ4n) is 4.68. The number of esters is 1. The van der Waals surface area contributed by atoms with Crippen molar-refractivity contribution in [3.8, 4) is 29.1 Å². The lowest BCUT2D eigenvalue weighted by molar-refractivity contribution is 0.0734. The highest BCUT2D eigenvalue weighted by atomic mass is 35.5. The van der Waals surface area contributed by atoms with E-state index in [4.69, 9.17) is 59.5 Å². The van der Waals surface area contributed by atoms with E-state index >= 15 is 0 Å². The summed E-state index contributed by atoms with van der Waals surface area (Å²) in [5.74, 6) is 0.302. The van der Waals surface area contributed by atoms with Gasteiger partial charge in [0.15, 0.2) is 5.75 Å². The van der Waals surface area contributed by atoms with Gasteiger partial charge in [-0.2, -0.15) is 5.26 Å². The summed E-state index contributed by atoms with van der Waals surface area (Å²) in [6.07, 6.45) is 1.80. The summed E-state index contributed by atoms with van der Waals surface area (Å²) in [4.78, 5) is 13.0. The number of fused-ring (bicyclic) bond motifs is 1. The first kappa shape index (κ1) is 31.1. The third kappa shape index (κ3) is 6.89. The number of allylic oxidation sites excluding steroid dienone is 1. The number of benzene rings is 4. The van der Waals surface area contributed by atoms with Gasteiger partial charge in [-0.05, 0) is 48.4 Å². The van der Waals surface area contributed by atoms with Crippen LogP contribution in [-0.4, -0.2) is 12.6 Å². The predicted molar refractivity (Wildman–Crippen MR) is 170 cm³/mol. The van der Waals surface area contributed by atoms with Crippen molar-refractivity contribution < 1.29 is 23.7 Å². The molecule has 0 amide bonds. The van der Waals surface area contributed by atoms with Gasteiger partial charge in [0.25, 0.3) is 0 Å². The van der Waals surface area contributed by atoms with Crippen molar-refractivity contribution in [2.45, 2.75) is 32.3 Å². The van der Waals surface area contributed by atoms with Crippen LogP contribution in [0.2, 0.25) is 15.1 Å². The Morgan fingerprint density at radius 3 is 2.32 bits per heavy atom. The van der Waals surface area contributed by atoms with E-state index in [9.17, 15) is 10.1 Å². The Hall–Kier alpha value is -4.35. The molecule has 0 fully saturated rings. The number of nitrogens with two attached hydrogens (primary N) is 1. The number of ether oxygens (including phenoxy) is 4. The molecule has 1 unspecified atom stereocenters. The smallest absolute Gasteiger partial charge is 0.343 e. The maximum Gasteiger partial charge on any atom is 0.343 e. The highest BCUT2D eigenvalue weighted by Gasteiger charge is 2.31. The molecule has 44 heavy (non-hydrogen) atoms. The monoisotopic (exact) mass is 648 g/mol. The maximum absolute atomic E-state index is 13.0. The van der Waals surface area contributed by atoms with Crippen molar-refractivity contribution in [3.05, 3.63) is 128 Å². The highest BCUT2D eigenvalue weighted by Crippen LogP contribution is 2.44. The lowest BCUT2D eigenvalue weighted by atomic mass is 9.83. The summed E-state index contributed by atoms with van der Waals surface area (Å²) in [6.45, 7) is 2.82. The van der Waals surface area contributed by atoms with Gasteiger partial charge in [0.05, 0.1) is 28.1 Å². The molecule has 4 aromatic rings. The molecule has 10 heteroatoms. The lowest BCUT2D eigenvalue weighted by Gasteiger charge is -2.27. The molecule has 0 aromatic heterocycles. The average Bonchev–Trinajstić information content (AvgIpc) is 3.01. The number of hydrogen-bond acceptors (Lipinski definition) is 7. The molecule has 4 aromatic carbocycles. The topological polar surface area (TPSA) is 104 Å². The highest BCUT2D eigenvalue weighted by molar-refractivity contribution is 6.37. The van der Waals surface area contributed by atoms with Crippen LogP contribution in [0.15, 0.2) is 90.3 Å². The molecular weight excluding hydrogens is 623 g/mol. The first-order valence-corrected chi connectivity index (χ1v) is 14.9. The molecule has 1 aliphatic heterocycles. The second kappa shape index (κ2) is 14.0. The van der Waals surface area contributed by atoms with Gasteiger partial charge in [-0.1, -0.05) is 84.5 Å². The Kier molecular flexibility index (Phi) is 9.86. The van der Waals surface area contributed by atoms with Crippen LogP contribution in [0.1, 0.15) is 52.7 Å². The maximum atomic E-state index is 13.0. The first-order valence-electron chi connectivity index (χ1n) is 13.8. The number of nitrogens with zero attached hydrogens (tertiary/aromatic N) is 1. The van der Waals surface area contributed by atoms with E-state index in [0.29, 0.717) is 41.0 Å². The van der Waals surface area contributed by atoms with Crippen LogP contribution >= 0.6 is 34.8 Å². The molecule has 2 N–H and O–H groups in total. The van der Waals surface area contributed by atoms with Crippen LogP contribution in [0.25, 0.3) is 0 Å². The Bertz CT molecular complexity index is 1740. The summed E-state index contributed by atoms with van der Waals surface area (Å²) < 4.78 is 23.0. The zero-order valence-corrected chi connectivity index (χ0v) is 25.9. The van der Waals surface area contributed by atoms with Gasteiger partial charge in [-0.25, -0.2) is 4.79 Å². The van der Waals surface area contributed by atoms with E-state index in [-0.39, 0.29) is 32.8 Å². The number of rotatable bonds is 10. The van der Waals surface area contributed by atoms with Crippen molar-refractivity contribution in [1.29, 1.82) is 5.26 Å². The molecule has 1 aliphatic rings. The molecule has 1 heterocycles. The van der Waals surface area contributed by atoms with E-state index in [0.717, 1.165) is 24.0 Å².